The van der Waals surface area contributed by atoms with E-state index in [1.807, 2.05) is 6.08 Å². The molecule has 0 aliphatic carbocycles. The second-order valence-corrected chi connectivity index (χ2v) is 4.01. The molecular formula is C11H18O2. The van der Waals surface area contributed by atoms with Crippen molar-refractivity contribution < 1.29 is 9.47 Å². The predicted molar refractivity (Wildman–Crippen MR) is 51.5 cm³/mol. The van der Waals surface area contributed by atoms with Crippen molar-refractivity contribution in [3.05, 3.63) is 12.7 Å². The standard InChI is InChI=1S/C11H18O2/c1-2-3-5-10-6-8-11(13-10)7-4-9-12-11/h2,10H,1,3-9H2. The Labute approximate surface area is 79.9 Å². The lowest BCUT2D eigenvalue weighted by atomic mass is 10.1. The molecule has 0 N–H and O–H groups in total. The highest BCUT2D eigenvalue weighted by Gasteiger charge is 2.43. The molecule has 2 heteroatoms. The van der Waals surface area contributed by atoms with Crippen molar-refractivity contribution in [3.8, 4) is 0 Å². The van der Waals surface area contributed by atoms with Gasteiger partial charge in [-0.2, -0.15) is 0 Å². The summed E-state index contributed by atoms with van der Waals surface area (Å²) in [5.74, 6) is -0.175. The van der Waals surface area contributed by atoms with Crippen molar-refractivity contribution in [2.75, 3.05) is 6.61 Å². The van der Waals surface area contributed by atoms with E-state index in [-0.39, 0.29) is 5.79 Å². The fourth-order valence-corrected chi connectivity index (χ4v) is 2.27. The quantitative estimate of drug-likeness (QED) is 0.625. The summed E-state index contributed by atoms with van der Waals surface area (Å²) in [5, 5.41) is 0. The van der Waals surface area contributed by atoms with E-state index in [9.17, 15) is 0 Å². The molecule has 0 aromatic carbocycles. The van der Waals surface area contributed by atoms with E-state index in [4.69, 9.17) is 9.47 Å². The Morgan fingerprint density at radius 3 is 3.08 bits per heavy atom. The van der Waals surface area contributed by atoms with E-state index in [1.165, 1.54) is 0 Å². The maximum Gasteiger partial charge on any atom is 0.168 e. The van der Waals surface area contributed by atoms with Crippen LogP contribution < -0.4 is 0 Å². The van der Waals surface area contributed by atoms with Gasteiger partial charge in [0.15, 0.2) is 5.79 Å². The molecule has 0 bridgehead atoms. The van der Waals surface area contributed by atoms with Crippen molar-refractivity contribution in [3.63, 3.8) is 0 Å². The van der Waals surface area contributed by atoms with Crippen molar-refractivity contribution in [2.45, 2.75) is 50.4 Å². The van der Waals surface area contributed by atoms with Crippen molar-refractivity contribution >= 4 is 0 Å². The summed E-state index contributed by atoms with van der Waals surface area (Å²) < 4.78 is 11.6. The van der Waals surface area contributed by atoms with Crippen LogP contribution in [0.4, 0.5) is 0 Å². The van der Waals surface area contributed by atoms with E-state index in [1.54, 1.807) is 0 Å². The molecule has 2 aliphatic rings. The summed E-state index contributed by atoms with van der Waals surface area (Å²) >= 11 is 0. The van der Waals surface area contributed by atoms with Gasteiger partial charge in [0.25, 0.3) is 0 Å². The first-order chi connectivity index (χ1) is 6.35. The molecule has 2 heterocycles. The van der Waals surface area contributed by atoms with E-state index in [2.05, 4.69) is 6.58 Å². The van der Waals surface area contributed by atoms with Crippen LogP contribution in [0.15, 0.2) is 12.7 Å². The Morgan fingerprint density at radius 1 is 1.46 bits per heavy atom. The van der Waals surface area contributed by atoms with Gasteiger partial charge in [-0.1, -0.05) is 6.08 Å². The Hall–Kier alpha value is -0.340. The smallest absolute Gasteiger partial charge is 0.168 e. The molecule has 0 amide bonds. The first-order valence-corrected chi connectivity index (χ1v) is 5.27. The van der Waals surface area contributed by atoms with Crippen LogP contribution >= 0.6 is 0 Å². The number of allylic oxidation sites excluding steroid dienone is 1. The molecule has 2 aliphatic heterocycles. The minimum atomic E-state index is -0.175. The highest BCUT2D eigenvalue weighted by Crippen LogP contribution is 2.40. The molecule has 2 rings (SSSR count). The predicted octanol–water partition coefficient (Wildman–Crippen LogP) is 2.64. The molecule has 0 saturated carbocycles. The maximum atomic E-state index is 5.94. The van der Waals surface area contributed by atoms with E-state index >= 15 is 0 Å². The highest BCUT2D eigenvalue weighted by atomic mass is 16.7. The molecule has 1 spiro atoms. The van der Waals surface area contributed by atoms with Gasteiger partial charge in [0.1, 0.15) is 0 Å². The third kappa shape index (κ3) is 1.94. The zero-order valence-electron chi connectivity index (χ0n) is 8.13. The number of hydrogen-bond acceptors (Lipinski definition) is 2. The minimum absolute atomic E-state index is 0.175. The van der Waals surface area contributed by atoms with Crippen molar-refractivity contribution in [1.82, 2.24) is 0 Å². The number of rotatable bonds is 3. The van der Waals surface area contributed by atoms with Gasteiger partial charge in [-0.05, 0) is 25.7 Å². The van der Waals surface area contributed by atoms with Crippen LogP contribution in [0.3, 0.4) is 0 Å². The number of hydrogen-bond donors (Lipinski definition) is 0. The van der Waals surface area contributed by atoms with E-state index in [0.29, 0.717) is 6.10 Å². The zero-order valence-corrected chi connectivity index (χ0v) is 8.13. The van der Waals surface area contributed by atoms with Crippen molar-refractivity contribution in [1.29, 1.82) is 0 Å². The minimum Gasteiger partial charge on any atom is -0.350 e. The largest absolute Gasteiger partial charge is 0.350 e. The molecule has 74 valence electrons. The van der Waals surface area contributed by atoms with Gasteiger partial charge in [-0.15, -0.1) is 6.58 Å². The van der Waals surface area contributed by atoms with Gasteiger partial charge in [0.05, 0.1) is 12.7 Å². The SMILES string of the molecule is C=CCCC1CCC2(CCCO2)O1. The first kappa shape index (κ1) is 9.22. The summed E-state index contributed by atoms with van der Waals surface area (Å²) in [4.78, 5) is 0. The monoisotopic (exact) mass is 182 g/mol. The molecule has 13 heavy (non-hydrogen) atoms. The van der Waals surface area contributed by atoms with Crippen LogP contribution in [-0.2, 0) is 9.47 Å². The number of ether oxygens (including phenoxy) is 2. The molecule has 2 nitrogen and oxygen atoms in total. The first-order valence-electron chi connectivity index (χ1n) is 5.27. The summed E-state index contributed by atoms with van der Waals surface area (Å²) in [7, 11) is 0. The second kappa shape index (κ2) is 3.81. The molecular weight excluding hydrogens is 164 g/mol. The molecule has 0 aromatic rings. The van der Waals surface area contributed by atoms with E-state index < -0.39 is 0 Å². The van der Waals surface area contributed by atoms with Crippen LogP contribution in [0.1, 0.15) is 38.5 Å². The topological polar surface area (TPSA) is 18.5 Å². The van der Waals surface area contributed by atoms with Crippen LogP contribution in [-0.4, -0.2) is 18.5 Å². The maximum absolute atomic E-state index is 5.94. The Kier molecular flexibility index (Phi) is 2.70. The van der Waals surface area contributed by atoms with Crippen LogP contribution in [0, 0.1) is 0 Å². The molecule has 2 atom stereocenters. The van der Waals surface area contributed by atoms with Gasteiger partial charge >= 0.3 is 0 Å². The Bertz CT molecular complexity index is 183. The van der Waals surface area contributed by atoms with E-state index in [0.717, 1.165) is 45.1 Å². The average Bonchev–Trinajstić information content (AvgIpc) is 2.74. The third-order valence-corrected chi connectivity index (χ3v) is 2.99. The van der Waals surface area contributed by atoms with Gasteiger partial charge in [-0.3, -0.25) is 0 Å². The van der Waals surface area contributed by atoms with Crippen LogP contribution in [0.5, 0.6) is 0 Å². The molecule has 2 saturated heterocycles. The van der Waals surface area contributed by atoms with Gasteiger partial charge in [-0.25, -0.2) is 0 Å². The fraction of sp³-hybridized carbons (Fsp3) is 0.818. The van der Waals surface area contributed by atoms with Gasteiger partial charge in [0.2, 0.25) is 0 Å². The average molecular weight is 182 g/mol. The zero-order chi connectivity index (χ0) is 9.15. The van der Waals surface area contributed by atoms with Gasteiger partial charge < -0.3 is 9.47 Å². The lowest BCUT2D eigenvalue weighted by Gasteiger charge is -2.22. The van der Waals surface area contributed by atoms with Crippen molar-refractivity contribution in [2.24, 2.45) is 0 Å². The Balaban J connectivity index is 1.82. The fourth-order valence-electron chi connectivity index (χ4n) is 2.27. The highest BCUT2D eigenvalue weighted by molar-refractivity contribution is 4.85. The molecule has 2 fully saturated rings. The summed E-state index contributed by atoms with van der Waals surface area (Å²) in [6.45, 7) is 4.61. The molecule has 2 unspecified atom stereocenters. The second-order valence-electron chi connectivity index (χ2n) is 4.01. The summed E-state index contributed by atoms with van der Waals surface area (Å²) in [6, 6.07) is 0. The summed E-state index contributed by atoms with van der Waals surface area (Å²) in [5.41, 5.74) is 0. The lowest BCUT2D eigenvalue weighted by Crippen LogP contribution is -2.27. The van der Waals surface area contributed by atoms with Gasteiger partial charge in [0, 0.05) is 12.8 Å². The van der Waals surface area contributed by atoms with Crippen LogP contribution in [0.2, 0.25) is 0 Å². The molecule has 0 radical (unpaired) electrons. The third-order valence-electron chi connectivity index (χ3n) is 2.99. The van der Waals surface area contributed by atoms with Crippen LogP contribution in [0.25, 0.3) is 0 Å². The normalized spacial score (nSPS) is 38.6. The summed E-state index contributed by atoms with van der Waals surface area (Å²) in [6.07, 6.45) is 9.05. The molecule has 0 aromatic heterocycles. The lowest BCUT2D eigenvalue weighted by molar-refractivity contribution is -0.199. The Morgan fingerprint density at radius 2 is 2.38 bits per heavy atom.